The molecule has 0 saturated heterocycles. The monoisotopic (exact) mass is 322 g/mol. The Kier molecular flexibility index (Phi) is 5.26. The molecule has 0 unspecified atom stereocenters. The number of ether oxygens (including phenoxy) is 1. The molecule has 0 heterocycles. The van der Waals surface area contributed by atoms with Gasteiger partial charge in [-0.3, -0.25) is 0 Å². The SMILES string of the molecule is O=C(O)C=Cc1ccc(COc2cc(Cl)ccc2Cl)cc1. The van der Waals surface area contributed by atoms with Crippen LogP contribution in [0.4, 0.5) is 0 Å². The predicted molar refractivity (Wildman–Crippen MR) is 83.9 cm³/mol. The highest BCUT2D eigenvalue weighted by atomic mass is 35.5. The van der Waals surface area contributed by atoms with Crippen LogP contribution in [-0.2, 0) is 11.4 Å². The molecule has 0 amide bonds. The molecule has 0 aliphatic heterocycles. The van der Waals surface area contributed by atoms with E-state index in [1.54, 1.807) is 18.2 Å². The van der Waals surface area contributed by atoms with E-state index in [0.29, 0.717) is 22.4 Å². The molecule has 2 aromatic rings. The van der Waals surface area contributed by atoms with Crippen molar-refractivity contribution in [3.05, 3.63) is 69.7 Å². The van der Waals surface area contributed by atoms with Gasteiger partial charge in [-0.2, -0.15) is 0 Å². The van der Waals surface area contributed by atoms with Gasteiger partial charge in [-0.15, -0.1) is 0 Å². The zero-order chi connectivity index (χ0) is 15.2. The van der Waals surface area contributed by atoms with E-state index in [-0.39, 0.29) is 0 Å². The number of carboxylic acid groups (broad SMARTS) is 1. The molecule has 2 rings (SSSR count). The van der Waals surface area contributed by atoms with Crippen LogP contribution in [0.2, 0.25) is 10.0 Å². The Morgan fingerprint density at radius 2 is 1.86 bits per heavy atom. The molecule has 0 bridgehead atoms. The van der Waals surface area contributed by atoms with Gasteiger partial charge in [0.2, 0.25) is 0 Å². The molecule has 0 aliphatic rings. The molecule has 0 saturated carbocycles. The largest absolute Gasteiger partial charge is 0.487 e. The third-order valence-corrected chi connectivity index (χ3v) is 3.23. The summed E-state index contributed by atoms with van der Waals surface area (Å²) >= 11 is 11.9. The number of halogens is 2. The van der Waals surface area contributed by atoms with E-state index in [1.807, 2.05) is 24.3 Å². The Balaban J connectivity index is 2.00. The lowest BCUT2D eigenvalue weighted by Crippen LogP contribution is -1.96. The fraction of sp³-hybridized carbons (Fsp3) is 0.0625. The van der Waals surface area contributed by atoms with Crippen LogP contribution in [0.5, 0.6) is 5.75 Å². The fourth-order valence-electron chi connectivity index (χ4n) is 1.64. The number of carboxylic acids is 1. The van der Waals surface area contributed by atoms with Crippen LogP contribution in [0.25, 0.3) is 6.08 Å². The number of benzene rings is 2. The van der Waals surface area contributed by atoms with E-state index < -0.39 is 5.97 Å². The quantitative estimate of drug-likeness (QED) is 0.813. The first-order valence-corrected chi connectivity index (χ1v) is 6.88. The van der Waals surface area contributed by atoms with Gasteiger partial charge in [0, 0.05) is 17.2 Å². The molecule has 0 aromatic heterocycles. The van der Waals surface area contributed by atoms with E-state index >= 15 is 0 Å². The van der Waals surface area contributed by atoms with Crippen LogP contribution in [0, 0.1) is 0 Å². The first kappa shape index (κ1) is 15.4. The van der Waals surface area contributed by atoms with Crippen molar-refractivity contribution in [1.29, 1.82) is 0 Å². The molecule has 0 radical (unpaired) electrons. The lowest BCUT2D eigenvalue weighted by Gasteiger charge is -2.08. The Morgan fingerprint density at radius 1 is 1.14 bits per heavy atom. The van der Waals surface area contributed by atoms with Gasteiger partial charge in [0.05, 0.1) is 5.02 Å². The van der Waals surface area contributed by atoms with Gasteiger partial charge < -0.3 is 9.84 Å². The zero-order valence-electron chi connectivity index (χ0n) is 10.9. The van der Waals surface area contributed by atoms with Gasteiger partial charge >= 0.3 is 5.97 Å². The summed E-state index contributed by atoms with van der Waals surface area (Å²) in [5.74, 6) is -0.447. The predicted octanol–water partition coefficient (Wildman–Crippen LogP) is 4.67. The van der Waals surface area contributed by atoms with Crippen molar-refractivity contribution in [2.24, 2.45) is 0 Å². The minimum Gasteiger partial charge on any atom is -0.487 e. The maximum absolute atomic E-state index is 10.4. The summed E-state index contributed by atoms with van der Waals surface area (Å²) in [6.45, 7) is 0.350. The number of carbonyl (C=O) groups is 1. The van der Waals surface area contributed by atoms with Crippen molar-refractivity contribution in [2.45, 2.75) is 6.61 Å². The van der Waals surface area contributed by atoms with Gasteiger partial charge in [-0.05, 0) is 29.3 Å². The van der Waals surface area contributed by atoms with Crippen molar-refractivity contribution in [1.82, 2.24) is 0 Å². The summed E-state index contributed by atoms with van der Waals surface area (Å²) in [7, 11) is 0. The van der Waals surface area contributed by atoms with E-state index in [9.17, 15) is 4.79 Å². The average Bonchev–Trinajstić information content (AvgIpc) is 2.47. The molecule has 0 spiro atoms. The summed E-state index contributed by atoms with van der Waals surface area (Å²) < 4.78 is 5.61. The molecule has 0 atom stereocenters. The molecular weight excluding hydrogens is 311 g/mol. The second-order valence-electron chi connectivity index (χ2n) is 4.28. The summed E-state index contributed by atoms with van der Waals surface area (Å²) in [6, 6.07) is 12.4. The maximum Gasteiger partial charge on any atom is 0.328 e. The molecule has 3 nitrogen and oxygen atoms in total. The van der Waals surface area contributed by atoms with E-state index in [4.69, 9.17) is 33.0 Å². The van der Waals surface area contributed by atoms with E-state index in [0.717, 1.165) is 17.2 Å². The summed E-state index contributed by atoms with van der Waals surface area (Å²) in [6.07, 6.45) is 2.62. The standard InChI is InChI=1S/C16H12Cl2O3/c17-13-6-7-14(18)15(9-13)21-10-12-3-1-11(2-4-12)5-8-16(19)20/h1-9H,10H2,(H,19,20). The Bertz CT molecular complexity index is 664. The highest BCUT2D eigenvalue weighted by Crippen LogP contribution is 2.28. The van der Waals surface area contributed by atoms with E-state index in [1.165, 1.54) is 6.08 Å². The van der Waals surface area contributed by atoms with Gasteiger partial charge in [0.1, 0.15) is 12.4 Å². The summed E-state index contributed by atoms with van der Waals surface area (Å²) in [5.41, 5.74) is 1.75. The fourth-order valence-corrected chi connectivity index (χ4v) is 1.98. The normalized spacial score (nSPS) is 10.8. The highest BCUT2D eigenvalue weighted by molar-refractivity contribution is 6.34. The topological polar surface area (TPSA) is 46.5 Å². The molecular formula is C16H12Cl2O3. The Morgan fingerprint density at radius 3 is 2.52 bits per heavy atom. The number of hydrogen-bond donors (Lipinski definition) is 1. The third kappa shape index (κ3) is 4.81. The van der Waals surface area contributed by atoms with Crippen LogP contribution in [0.15, 0.2) is 48.5 Å². The molecule has 21 heavy (non-hydrogen) atoms. The first-order chi connectivity index (χ1) is 10.0. The number of rotatable bonds is 5. The summed E-state index contributed by atoms with van der Waals surface area (Å²) in [5, 5.41) is 9.62. The maximum atomic E-state index is 10.4. The lowest BCUT2D eigenvalue weighted by molar-refractivity contribution is -0.131. The lowest BCUT2D eigenvalue weighted by atomic mass is 10.1. The molecule has 2 aromatic carbocycles. The van der Waals surface area contributed by atoms with Crippen molar-refractivity contribution in [3.63, 3.8) is 0 Å². The number of aliphatic carboxylic acids is 1. The van der Waals surface area contributed by atoms with Crippen LogP contribution >= 0.6 is 23.2 Å². The second-order valence-corrected chi connectivity index (χ2v) is 5.12. The zero-order valence-corrected chi connectivity index (χ0v) is 12.4. The Labute approximate surface area is 132 Å². The van der Waals surface area contributed by atoms with Gasteiger partial charge in [0.25, 0.3) is 0 Å². The second kappa shape index (κ2) is 7.16. The minimum absolute atomic E-state index is 0.350. The first-order valence-electron chi connectivity index (χ1n) is 6.12. The highest BCUT2D eigenvalue weighted by Gasteiger charge is 2.03. The van der Waals surface area contributed by atoms with Crippen molar-refractivity contribution < 1.29 is 14.6 Å². The van der Waals surface area contributed by atoms with E-state index in [2.05, 4.69) is 0 Å². The smallest absolute Gasteiger partial charge is 0.328 e. The van der Waals surface area contributed by atoms with Crippen molar-refractivity contribution in [2.75, 3.05) is 0 Å². The van der Waals surface area contributed by atoms with Crippen molar-refractivity contribution in [3.8, 4) is 5.75 Å². The van der Waals surface area contributed by atoms with Gasteiger partial charge in [-0.1, -0.05) is 47.5 Å². The number of hydrogen-bond acceptors (Lipinski definition) is 2. The van der Waals surface area contributed by atoms with Crippen LogP contribution in [0.3, 0.4) is 0 Å². The average molecular weight is 323 g/mol. The van der Waals surface area contributed by atoms with Crippen molar-refractivity contribution >= 4 is 35.2 Å². The van der Waals surface area contributed by atoms with Gasteiger partial charge in [-0.25, -0.2) is 4.79 Å². The van der Waals surface area contributed by atoms with Crippen LogP contribution < -0.4 is 4.74 Å². The minimum atomic E-state index is -0.974. The Hall–Kier alpha value is -1.97. The molecule has 5 heteroatoms. The van der Waals surface area contributed by atoms with Crippen LogP contribution in [-0.4, -0.2) is 11.1 Å². The molecule has 108 valence electrons. The summed E-state index contributed by atoms with van der Waals surface area (Å²) in [4.78, 5) is 10.4. The third-order valence-electron chi connectivity index (χ3n) is 2.69. The van der Waals surface area contributed by atoms with Gasteiger partial charge in [0.15, 0.2) is 0 Å². The molecule has 0 fully saturated rings. The molecule has 0 aliphatic carbocycles. The van der Waals surface area contributed by atoms with Crippen LogP contribution in [0.1, 0.15) is 11.1 Å². The molecule has 1 N–H and O–H groups in total.